The standard InChI is InChI=1S/C17H17NO2/c1-12-3-5-13(6-4-12)16-11-17(20-18-16)14-7-9-15(19-2)10-8-14/h3-10,17H,11H2,1-2H3. The summed E-state index contributed by atoms with van der Waals surface area (Å²) in [6.45, 7) is 2.08. The highest BCUT2D eigenvalue weighted by molar-refractivity contribution is 6.01. The lowest BCUT2D eigenvalue weighted by molar-refractivity contribution is 0.0857. The zero-order chi connectivity index (χ0) is 13.9. The minimum Gasteiger partial charge on any atom is -0.497 e. The van der Waals surface area contributed by atoms with Crippen molar-refractivity contribution in [2.75, 3.05) is 7.11 Å². The lowest BCUT2D eigenvalue weighted by Crippen LogP contribution is -2.01. The van der Waals surface area contributed by atoms with Crippen molar-refractivity contribution in [3.05, 3.63) is 65.2 Å². The van der Waals surface area contributed by atoms with Crippen LogP contribution < -0.4 is 4.74 Å². The van der Waals surface area contributed by atoms with Crippen molar-refractivity contribution in [2.45, 2.75) is 19.4 Å². The Balaban J connectivity index is 1.73. The summed E-state index contributed by atoms with van der Waals surface area (Å²) in [6, 6.07) is 16.3. The van der Waals surface area contributed by atoms with Crippen molar-refractivity contribution in [3.63, 3.8) is 0 Å². The minimum atomic E-state index is -0.00258. The summed E-state index contributed by atoms with van der Waals surface area (Å²) in [7, 11) is 1.67. The van der Waals surface area contributed by atoms with Crippen LogP contribution in [0.15, 0.2) is 53.7 Å². The Morgan fingerprint density at radius 1 is 1.05 bits per heavy atom. The SMILES string of the molecule is COc1ccc(C2CC(c3ccc(C)cc3)=NO2)cc1. The van der Waals surface area contributed by atoms with E-state index >= 15 is 0 Å². The number of nitrogens with zero attached hydrogens (tertiary/aromatic N) is 1. The number of aryl methyl sites for hydroxylation is 1. The molecule has 0 spiro atoms. The van der Waals surface area contributed by atoms with Gasteiger partial charge in [-0.25, -0.2) is 0 Å². The molecule has 0 amide bonds. The van der Waals surface area contributed by atoms with Gasteiger partial charge in [0.15, 0.2) is 6.10 Å². The highest BCUT2D eigenvalue weighted by atomic mass is 16.6. The van der Waals surface area contributed by atoms with Crippen LogP contribution in [0.1, 0.15) is 29.2 Å². The van der Waals surface area contributed by atoms with E-state index in [1.165, 1.54) is 5.56 Å². The fraction of sp³-hybridized carbons (Fsp3) is 0.235. The molecule has 3 heteroatoms. The molecule has 0 bridgehead atoms. The van der Waals surface area contributed by atoms with E-state index in [1.807, 2.05) is 24.3 Å². The van der Waals surface area contributed by atoms with E-state index < -0.39 is 0 Å². The van der Waals surface area contributed by atoms with Gasteiger partial charge in [-0.3, -0.25) is 0 Å². The summed E-state index contributed by atoms with van der Waals surface area (Å²) in [5.74, 6) is 0.853. The highest BCUT2D eigenvalue weighted by Crippen LogP contribution is 2.30. The first-order valence-electron chi connectivity index (χ1n) is 6.70. The van der Waals surface area contributed by atoms with E-state index in [2.05, 4.69) is 36.3 Å². The van der Waals surface area contributed by atoms with Crippen LogP contribution in [-0.4, -0.2) is 12.8 Å². The van der Waals surface area contributed by atoms with E-state index in [-0.39, 0.29) is 6.10 Å². The van der Waals surface area contributed by atoms with Gasteiger partial charge in [-0.1, -0.05) is 47.1 Å². The van der Waals surface area contributed by atoms with Crippen LogP contribution in [0, 0.1) is 6.92 Å². The van der Waals surface area contributed by atoms with Gasteiger partial charge in [0, 0.05) is 6.42 Å². The molecule has 2 aromatic rings. The van der Waals surface area contributed by atoms with Crippen LogP contribution >= 0.6 is 0 Å². The zero-order valence-electron chi connectivity index (χ0n) is 11.7. The van der Waals surface area contributed by atoms with Crippen LogP contribution in [0.25, 0.3) is 0 Å². The third kappa shape index (κ3) is 2.52. The predicted molar refractivity (Wildman–Crippen MR) is 79.2 cm³/mol. The van der Waals surface area contributed by atoms with Gasteiger partial charge in [0.2, 0.25) is 0 Å². The van der Waals surface area contributed by atoms with Gasteiger partial charge < -0.3 is 9.57 Å². The average molecular weight is 267 g/mol. The van der Waals surface area contributed by atoms with Crippen molar-refractivity contribution in [2.24, 2.45) is 5.16 Å². The van der Waals surface area contributed by atoms with Crippen molar-refractivity contribution < 1.29 is 9.57 Å². The fourth-order valence-electron chi connectivity index (χ4n) is 2.29. The lowest BCUT2D eigenvalue weighted by atomic mass is 10.00. The van der Waals surface area contributed by atoms with Gasteiger partial charge in [-0.15, -0.1) is 0 Å². The second-order valence-corrected chi connectivity index (χ2v) is 4.98. The van der Waals surface area contributed by atoms with Crippen LogP contribution in [0.4, 0.5) is 0 Å². The highest BCUT2D eigenvalue weighted by Gasteiger charge is 2.23. The first kappa shape index (κ1) is 12.7. The Hall–Kier alpha value is -2.29. The van der Waals surface area contributed by atoms with Gasteiger partial charge in [0.25, 0.3) is 0 Å². The van der Waals surface area contributed by atoms with Crippen LogP contribution in [-0.2, 0) is 4.84 Å². The summed E-state index contributed by atoms with van der Waals surface area (Å²) in [5.41, 5.74) is 4.51. The molecule has 0 aromatic heterocycles. The molecule has 0 saturated heterocycles. The molecule has 3 rings (SSSR count). The molecule has 2 aromatic carbocycles. The number of benzene rings is 2. The van der Waals surface area contributed by atoms with E-state index in [1.54, 1.807) is 7.11 Å². The monoisotopic (exact) mass is 267 g/mol. The fourth-order valence-corrected chi connectivity index (χ4v) is 2.29. The molecule has 0 N–H and O–H groups in total. The summed E-state index contributed by atoms with van der Waals surface area (Å²) >= 11 is 0. The van der Waals surface area contributed by atoms with Crippen molar-refractivity contribution in [3.8, 4) is 5.75 Å². The molecular formula is C17H17NO2. The van der Waals surface area contributed by atoms with Crippen LogP contribution in [0.3, 0.4) is 0 Å². The first-order chi connectivity index (χ1) is 9.76. The van der Waals surface area contributed by atoms with Gasteiger partial charge >= 0.3 is 0 Å². The van der Waals surface area contributed by atoms with Crippen LogP contribution in [0.2, 0.25) is 0 Å². The summed E-state index contributed by atoms with van der Waals surface area (Å²) in [6.07, 6.45) is 0.798. The van der Waals surface area contributed by atoms with Crippen molar-refractivity contribution in [1.29, 1.82) is 0 Å². The number of oxime groups is 1. The molecule has 1 aliphatic heterocycles. The Kier molecular flexibility index (Phi) is 3.42. The molecule has 0 saturated carbocycles. The second kappa shape index (κ2) is 5.37. The Labute approximate surface area is 118 Å². The molecule has 102 valence electrons. The van der Waals surface area contributed by atoms with E-state index in [9.17, 15) is 0 Å². The summed E-state index contributed by atoms with van der Waals surface area (Å²) < 4.78 is 5.16. The van der Waals surface area contributed by atoms with Crippen molar-refractivity contribution in [1.82, 2.24) is 0 Å². The molecule has 1 atom stereocenters. The molecule has 3 nitrogen and oxygen atoms in total. The van der Waals surface area contributed by atoms with Gasteiger partial charge in [-0.05, 0) is 30.2 Å². The average Bonchev–Trinajstić information content (AvgIpc) is 2.98. The quantitative estimate of drug-likeness (QED) is 0.845. The maximum absolute atomic E-state index is 5.56. The molecular weight excluding hydrogens is 250 g/mol. The third-order valence-corrected chi connectivity index (χ3v) is 3.54. The third-order valence-electron chi connectivity index (χ3n) is 3.54. The zero-order valence-corrected chi connectivity index (χ0v) is 11.7. The van der Waals surface area contributed by atoms with E-state index in [0.29, 0.717) is 0 Å². The van der Waals surface area contributed by atoms with Crippen molar-refractivity contribution >= 4 is 5.71 Å². The van der Waals surface area contributed by atoms with E-state index in [4.69, 9.17) is 9.57 Å². The van der Waals surface area contributed by atoms with Gasteiger partial charge in [0.05, 0.1) is 12.8 Å². The number of methoxy groups -OCH3 is 1. The normalized spacial score (nSPS) is 17.5. The Bertz CT molecular complexity index is 614. The summed E-state index contributed by atoms with van der Waals surface area (Å²) in [5, 5.41) is 4.22. The number of ether oxygens (including phenoxy) is 1. The number of hydrogen-bond acceptors (Lipinski definition) is 3. The first-order valence-corrected chi connectivity index (χ1v) is 6.70. The van der Waals surface area contributed by atoms with Gasteiger partial charge in [0.1, 0.15) is 5.75 Å². The lowest BCUT2D eigenvalue weighted by Gasteiger charge is -2.09. The maximum atomic E-state index is 5.56. The molecule has 20 heavy (non-hydrogen) atoms. The largest absolute Gasteiger partial charge is 0.497 e. The molecule has 0 fully saturated rings. The minimum absolute atomic E-state index is 0.00258. The molecule has 0 radical (unpaired) electrons. The van der Waals surface area contributed by atoms with Gasteiger partial charge in [-0.2, -0.15) is 0 Å². The number of rotatable bonds is 3. The van der Waals surface area contributed by atoms with E-state index in [0.717, 1.165) is 29.0 Å². The Morgan fingerprint density at radius 3 is 2.40 bits per heavy atom. The Morgan fingerprint density at radius 2 is 1.75 bits per heavy atom. The second-order valence-electron chi connectivity index (χ2n) is 4.98. The summed E-state index contributed by atoms with van der Waals surface area (Å²) in [4.78, 5) is 5.56. The number of hydrogen-bond donors (Lipinski definition) is 0. The maximum Gasteiger partial charge on any atom is 0.158 e. The molecule has 0 aliphatic carbocycles. The smallest absolute Gasteiger partial charge is 0.158 e. The predicted octanol–water partition coefficient (Wildman–Crippen LogP) is 3.87. The topological polar surface area (TPSA) is 30.8 Å². The molecule has 1 aliphatic rings. The van der Waals surface area contributed by atoms with Crippen LogP contribution in [0.5, 0.6) is 5.75 Å². The molecule has 1 unspecified atom stereocenters. The molecule has 1 heterocycles.